The molecule has 3 rings (SSSR count). The summed E-state index contributed by atoms with van der Waals surface area (Å²) >= 11 is 0. The van der Waals surface area contributed by atoms with E-state index >= 15 is 0 Å². The molecule has 1 unspecified atom stereocenters. The molecule has 0 bridgehead atoms. The molecule has 0 saturated carbocycles. The third kappa shape index (κ3) is 4.77. The van der Waals surface area contributed by atoms with Crippen LogP contribution in [0.2, 0.25) is 0 Å². The summed E-state index contributed by atoms with van der Waals surface area (Å²) in [5, 5.41) is 3.07. The summed E-state index contributed by atoms with van der Waals surface area (Å²) < 4.78 is 6.97. The van der Waals surface area contributed by atoms with E-state index in [2.05, 4.69) is 29.0 Å². The molecule has 1 saturated heterocycles. The number of benzene rings is 1. The van der Waals surface area contributed by atoms with Gasteiger partial charge in [0.1, 0.15) is 6.54 Å². The molecule has 0 aliphatic carbocycles. The molecule has 7 nitrogen and oxygen atoms in total. The monoisotopic (exact) mass is 386 g/mol. The number of para-hydroxylation sites is 2. The Labute approximate surface area is 165 Å². The van der Waals surface area contributed by atoms with E-state index in [1.54, 1.807) is 0 Å². The molecule has 152 valence electrons. The first-order valence-corrected chi connectivity index (χ1v) is 10.2. The minimum atomic E-state index is -0.265. The van der Waals surface area contributed by atoms with Crippen molar-refractivity contribution in [2.75, 3.05) is 32.8 Å². The molecule has 28 heavy (non-hydrogen) atoms. The molecule has 1 aliphatic rings. The van der Waals surface area contributed by atoms with Crippen LogP contribution in [-0.2, 0) is 16.1 Å². The molecule has 1 aromatic carbocycles. The molecule has 0 spiro atoms. The van der Waals surface area contributed by atoms with Gasteiger partial charge in [-0.05, 0) is 18.1 Å². The predicted octanol–water partition coefficient (Wildman–Crippen LogP) is 1.65. The summed E-state index contributed by atoms with van der Waals surface area (Å²) in [6, 6.07) is 7.66. The Bertz CT molecular complexity index is 841. The van der Waals surface area contributed by atoms with Crippen molar-refractivity contribution >= 4 is 16.9 Å². The van der Waals surface area contributed by atoms with Gasteiger partial charge in [-0.2, -0.15) is 0 Å². The predicted molar refractivity (Wildman–Crippen MR) is 109 cm³/mol. The zero-order chi connectivity index (χ0) is 19.9. The van der Waals surface area contributed by atoms with Crippen LogP contribution < -0.4 is 10.9 Å². The number of hydrogen-bond acceptors (Lipinski definition) is 5. The molecule has 1 N–H and O–H groups in total. The molecule has 2 heterocycles. The Morgan fingerprint density at radius 3 is 2.64 bits per heavy atom. The number of morpholine rings is 1. The number of carbonyl (C=O) groups excluding carboxylic acids is 1. The zero-order valence-corrected chi connectivity index (χ0v) is 16.8. The Balaban J connectivity index is 1.69. The third-order valence-corrected chi connectivity index (χ3v) is 5.67. The number of carbonyl (C=O) groups is 1. The smallest absolute Gasteiger partial charge is 0.269 e. The molecule has 1 aliphatic heterocycles. The van der Waals surface area contributed by atoms with Crippen molar-refractivity contribution in [3.05, 3.63) is 40.8 Å². The summed E-state index contributed by atoms with van der Waals surface area (Å²) in [6.45, 7) is 8.25. The van der Waals surface area contributed by atoms with Gasteiger partial charge in [0.25, 0.3) is 5.56 Å². The van der Waals surface area contributed by atoms with Crippen LogP contribution in [0.3, 0.4) is 0 Å². The Hall–Kier alpha value is -2.25. The van der Waals surface area contributed by atoms with Crippen LogP contribution in [0.5, 0.6) is 0 Å². The summed E-state index contributed by atoms with van der Waals surface area (Å²) in [6.07, 6.45) is 3.42. The van der Waals surface area contributed by atoms with Gasteiger partial charge in [0, 0.05) is 25.7 Å². The van der Waals surface area contributed by atoms with Crippen LogP contribution in [0, 0.1) is 5.92 Å². The van der Waals surface area contributed by atoms with Gasteiger partial charge in [-0.3, -0.25) is 19.1 Å². The van der Waals surface area contributed by atoms with Gasteiger partial charge < -0.3 is 10.1 Å². The fraction of sp³-hybridized carbons (Fsp3) is 0.571. The van der Waals surface area contributed by atoms with Crippen LogP contribution in [0.25, 0.3) is 11.0 Å². The second-order valence-electron chi connectivity index (χ2n) is 7.27. The van der Waals surface area contributed by atoms with Crippen LogP contribution in [0.4, 0.5) is 0 Å². The second-order valence-corrected chi connectivity index (χ2v) is 7.27. The summed E-state index contributed by atoms with van der Waals surface area (Å²) in [5.41, 5.74) is 1.12. The quantitative estimate of drug-likeness (QED) is 0.747. The molecule has 1 atom stereocenters. The van der Waals surface area contributed by atoms with Crippen LogP contribution in [0.15, 0.2) is 35.3 Å². The highest BCUT2D eigenvalue weighted by molar-refractivity contribution is 5.79. The highest BCUT2D eigenvalue weighted by atomic mass is 16.5. The molecule has 0 radical (unpaired) electrons. The molecular weight excluding hydrogens is 356 g/mol. The van der Waals surface area contributed by atoms with E-state index in [1.165, 1.54) is 10.8 Å². The molecule has 2 aromatic rings. The van der Waals surface area contributed by atoms with E-state index in [4.69, 9.17) is 4.74 Å². The normalized spacial score (nSPS) is 16.4. The number of rotatable bonds is 8. The minimum absolute atomic E-state index is 0.000610. The van der Waals surface area contributed by atoms with Gasteiger partial charge in [0.05, 0.1) is 30.4 Å². The van der Waals surface area contributed by atoms with Gasteiger partial charge in [-0.15, -0.1) is 0 Å². The topological polar surface area (TPSA) is 76.5 Å². The van der Waals surface area contributed by atoms with Crippen molar-refractivity contribution in [2.24, 2.45) is 5.92 Å². The number of nitrogens with zero attached hydrogens (tertiary/aromatic N) is 3. The van der Waals surface area contributed by atoms with Crippen LogP contribution in [0.1, 0.15) is 26.7 Å². The van der Waals surface area contributed by atoms with Crippen molar-refractivity contribution < 1.29 is 9.53 Å². The van der Waals surface area contributed by atoms with Gasteiger partial charge in [-0.25, -0.2) is 4.98 Å². The lowest BCUT2D eigenvalue weighted by Gasteiger charge is -2.38. The lowest BCUT2D eigenvalue weighted by atomic mass is 9.92. The van der Waals surface area contributed by atoms with Crippen LogP contribution >= 0.6 is 0 Å². The maximum Gasteiger partial charge on any atom is 0.269 e. The number of nitrogens with one attached hydrogen (secondary N) is 1. The first-order valence-electron chi connectivity index (χ1n) is 10.2. The van der Waals surface area contributed by atoms with Crippen molar-refractivity contribution in [1.82, 2.24) is 19.8 Å². The third-order valence-electron chi connectivity index (χ3n) is 5.67. The molecule has 7 heteroatoms. The lowest BCUT2D eigenvalue weighted by Crippen LogP contribution is -2.52. The van der Waals surface area contributed by atoms with E-state index in [0.717, 1.165) is 39.1 Å². The number of aromatic nitrogens is 2. The average molecular weight is 386 g/mol. The van der Waals surface area contributed by atoms with Gasteiger partial charge >= 0.3 is 0 Å². The van der Waals surface area contributed by atoms with Crippen molar-refractivity contribution in [1.29, 1.82) is 0 Å². The molecule has 1 fully saturated rings. The average Bonchev–Trinajstić information content (AvgIpc) is 2.74. The summed E-state index contributed by atoms with van der Waals surface area (Å²) in [7, 11) is 0. The van der Waals surface area contributed by atoms with Gasteiger partial charge in [0.15, 0.2) is 0 Å². The summed E-state index contributed by atoms with van der Waals surface area (Å²) in [5.74, 6) is 0.366. The second kappa shape index (κ2) is 9.80. The largest absolute Gasteiger partial charge is 0.379 e. The molecule has 1 amide bonds. The molecule has 1 aromatic heterocycles. The molecular formula is C21H30N4O3. The van der Waals surface area contributed by atoms with Crippen LogP contribution in [-0.4, -0.2) is 59.2 Å². The number of hydrogen-bond donors (Lipinski definition) is 1. The number of amides is 1. The Morgan fingerprint density at radius 2 is 1.93 bits per heavy atom. The standard InChI is InChI=1S/C21H30N4O3/c1-3-16(4-2)19(24-9-11-28-12-10-24)13-23-20(26)15-25-18-8-6-5-7-17(18)22-14-21(25)27/h5-8,14,16,19H,3-4,9-13,15H2,1-2H3,(H,23,26). The van der Waals surface area contributed by atoms with Gasteiger partial charge in [0.2, 0.25) is 5.91 Å². The van der Waals surface area contributed by atoms with E-state index in [9.17, 15) is 9.59 Å². The number of ether oxygens (including phenoxy) is 1. The lowest BCUT2D eigenvalue weighted by molar-refractivity contribution is -0.122. The van der Waals surface area contributed by atoms with Crippen molar-refractivity contribution in [3.8, 4) is 0 Å². The number of fused-ring (bicyclic) bond motifs is 1. The summed E-state index contributed by atoms with van der Waals surface area (Å²) in [4.78, 5) is 31.5. The fourth-order valence-electron chi connectivity index (χ4n) is 4.03. The van der Waals surface area contributed by atoms with E-state index in [-0.39, 0.29) is 24.1 Å². The zero-order valence-electron chi connectivity index (χ0n) is 16.8. The maximum absolute atomic E-state index is 12.7. The highest BCUT2D eigenvalue weighted by Crippen LogP contribution is 2.19. The Kier molecular flexibility index (Phi) is 7.17. The van der Waals surface area contributed by atoms with E-state index in [0.29, 0.717) is 23.5 Å². The van der Waals surface area contributed by atoms with Crippen molar-refractivity contribution in [2.45, 2.75) is 39.3 Å². The Morgan fingerprint density at radius 1 is 1.21 bits per heavy atom. The SMILES string of the molecule is CCC(CC)C(CNC(=O)Cn1c(=O)cnc2ccccc21)N1CCOCC1. The first kappa shape index (κ1) is 20.5. The van der Waals surface area contributed by atoms with E-state index < -0.39 is 0 Å². The fourth-order valence-corrected chi connectivity index (χ4v) is 4.03. The minimum Gasteiger partial charge on any atom is -0.379 e. The van der Waals surface area contributed by atoms with Gasteiger partial charge in [-0.1, -0.05) is 38.8 Å². The van der Waals surface area contributed by atoms with Crippen molar-refractivity contribution in [3.63, 3.8) is 0 Å². The maximum atomic E-state index is 12.7. The first-order chi connectivity index (χ1) is 13.6. The highest BCUT2D eigenvalue weighted by Gasteiger charge is 2.27. The van der Waals surface area contributed by atoms with E-state index in [1.807, 2.05) is 24.3 Å².